The van der Waals surface area contributed by atoms with Gasteiger partial charge in [0.05, 0.1) is 11.8 Å². The van der Waals surface area contributed by atoms with E-state index in [0.29, 0.717) is 13.2 Å². The van der Waals surface area contributed by atoms with Crippen LogP contribution in [0.1, 0.15) is 27.7 Å². The van der Waals surface area contributed by atoms with Crippen molar-refractivity contribution < 1.29 is 4.74 Å². The van der Waals surface area contributed by atoms with Gasteiger partial charge in [0.2, 0.25) is 0 Å². The molecule has 6 heteroatoms. The van der Waals surface area contributed by atoms with Gasteiger partial charge in [-0.05, 0) is 27.7 Å². The lowest BCUT2D eigenvalue weighted by Crippen LogP contribution is -2.33. The van der Waals surface area contributed by atoms with Crippen LogP contribution in [0.4, 0.5) is 11.6 Å². The molecule has 2 aromatic heterocycles. The molecule has 0 aliphatic carbocycles. The molecule has 0 unspecified atom stereocenters. The highest BCUT2D eigenvalue weighted by molar-refractivity contribution is 5.65. The molecule has 0 aliphatic heterocycles. The molecule has 0 amide bonds. The molecule has 2 rings (SSSR count). The van der Waals surface area contributed by atoms with E-state index in [1.807, 2.05) is 30.6 Å². The van der Waals surface area contributed by atoms with Crippen LogP contribution in [0, 0.1) is 0 Å². The number of nitrogens with one attached hydrogen (secondary N) is 2. The average molecular weight is 277 g/mol. The molecule has 0 saturated heterocycles. The quantitative estimate of drug-likeness (QED) is 0.813. The average Bonchev–Trinajstić information content (AvgIpc) is 2.84. The van der Waals surface area contributed by atoms with Crippen molar-refractivity contribution in [2.24, 2.45) is 0 Å². The second-order valence-corrected chi connectivity index (χ2v) is 5.21. The molecule has 2 N–H and O–H groups in total. The highest BCUT2D eigenvalue weighted by Crippen LogP contribution is 2.18. The summed E-state index contributed by atoms with van der Waals surface area (Å²) in [6.07, 6.45) is 5.62. The van der Waals surface area contributed by atoms with Crippen LogP contribution in [-0.2, 0) is 4.74 Å². The fraction of sp³-hybridized carbons (Fsp3) is 0.571. The fourth-order valence-corrected chi connectivity index (χ4v) is 2.05. The SMILES string of the molecule is CCNc1cn2ccnc2c(NCC(C)(C)OCC)n1. The number of fused-ring (bicyclic) bond motifs is 1. The van der Waals surface area contributed by atoms with Gasteiger partial charge in [-0.2, -0.15) is 0 Å². The Labute approximate surface area is 119 Å². The van der Waals surface area contributed by atoms with Crippen LogP contribution in [-0.4, -0.2) is 39.7 Å². The molecule has 0 atom stereocenters. The van der Waals surface area contributed by atoms with Gasteiger partial charge < -0.3 is 19.8 Å². The van der Waals surface area contributed by atoms with Gasteiger partial charge in [0.25, 0.3) is 0 Å². The van der Waals surface area contributed by atoms with E-state index in [0.717, 1.165) is 23.8 Å². The van der Waals surface area contributed by atoms with Gasteiger partial charge in [-0.1, -0.05) is 0 Å². The van der Waals surface area contributed by atoms with Crippen LogP contribution in [0.5, 0.6) is 0 Å². The zero-order valence-electron chi connectivity index (χ0n) is 12.6. The molecule has 0 radical (unpaired) electrons. The second-order valence-electron chi connectivity index (χ2n) is 5.21. The summed E-state index contributed by atoms with van der Waals surface area (Å²) in [5, 5.41) is 6.56. The van der Waals surface area contributed by atoms with E-state index in [1.165, 1.54) is 0 Å². The van der Waals surface area contributed by atoms with Crippen molar-refractivity contribution in [3.05, 3.63) is 18.6 Å². The number of hydrogen-bond donors (Lipinski definition) is 2. The van der Waals surface area contributed by atoms with Gasteiger partial charge in [-0.25, -0.2) is 9.97 Å². The van der Waals surface area contributed by atoms with Crippen LogP contribution in [0.2, 0.25) is 0 Å². The molecule has 2 heterocycles. The van der Waals surface area contributed by atoms with Crippen LogP contribution in [0.15, 0.2) is 18.6 Å². The molecule has 0 aliphatic rings. The predicted molar refractivity (Wildman–Crippen MR) is 81.3 cm³/mol. The van der Waals surface area contributed by atoms with E-state index in [1.54, 1.807) is 6.20 Å². The molecule has 6 nitrogen and oxygen atoms in total. The minimum atomic E-state index is -0.242. The number of hydrogen-bond acceptors (Lipinski definition) is 5. The minimum Gasteiger partial charge on any atom is -0.374 e. The van der Waals surface area contributed by atoms with Gasteiger partial charge in [-0.3, -0.25) is 0 Å². The van der Waals surface area contributed by atoms with Crippen molar-refractivity contribution in [2.75, 3.05) is 30.3 Å². The smallest absolute Gasteiger partial charge is 0.180 e. The first kappa shape index (κ1) is 14.6. The normalized spacial score (nSPS) is 11.8. The summed E-state index contributed by atoms with van der Waals surface area (Å²) >= 11 is 0. The summed E-state index contributed by atoms with van der Waals surface area (Å²) in [4.78, 5) is 8.90. The number of rotatable bonds is 7. The third-order valence-electron chi connectivity index (χ3n) is 2.95. The number of nitrogens with zero attached hydrogens (tertiary/aromatic N) is 3. The summed E-state index contributed by atoms with van der Waals surface area (Å²) in [5.74, 6) is 1.59. The minimum absolute atomic E-state index is 0.242. The lowest BCUT2D eigenvalue weighted by molar-refractivity contribution is 0.000659. The van der Waals surface area contributed by atoms with E-state index in [2.05, 4.69) is 34.4 Å². The van der Waals surface area contributed by atoms with Gasteiger partial charge >= 0.3 is 0 Å². The molecule has 110 valence electrons. The molecule has 2 aromatic rings. The Hall–Kier alpha value is -1.82. The van der Waals surface area contributed by atoms with Crippen LogP contribution < -0.4 is 10.6 Å². The highest BCUT2D eigenvalue weighted by atomic mass is 16.5. The summed E-state index contributed by atoms with van der Waals surface area (Å²) < 4.78 is 7.65. The van der Waals surface area contributed by atoms with E-state index in [9.17, 15) is 0 Å². The lowest BCUT2D eigenvalue weighted by atomic mass is 10.1. The number of ether oxygens (including phenoxy) is 1. The maximum absolute atomic E-state index is 5.69. The summed E-state index contributed by atoms with van der Waals surface area (Å²) in [6.45, 7) is 10.4. The van der Waals surface area contributed by atoms with Crippen LogP contribution >= 0.6 is 0 Å². The summed E-state index contributed by atoms with van der Waals surface area (Å²) in [6, 6.07) is 0. The van der Waals surface area contributed by atoms with Crippen molar-refractivity contribution in [3.63, 3.8) is 0 Å². The maximum Gasteiger partial charge on any atom is 0.180 e. The van der Waals surface area contributed by atoms with Crippen molar-refractivity contribution in [3.8, 4) is 0 Å². The van der Waals surface area contributed by atoms with Crippen molar-refractivity contribution in [1.82, 2.24) is 14.4 Å². The van der Waals surface area contributed by atoms with Gasteiger partial charge in [0, 0.05) is 32.1 Å². The predicted octanol–water partition coefficient (Wildman–Crippen LogP) is 2.39. The largest absolute Gasteiger partial charge is 0.374 e. The Morgan fingerprint density at radius 3 is 2.80 bits per heavy atom. The number of imidazole rings is 1. The first-order valence-electron chi connectivity index (χ1n) is 7.01. The molecule has 0 saturated carbocycles. The standard InChI is InChI=1S/C14H23N5O/c1-5-15-11-9-19-8-7-16-13(19)12(18-11)17-10-14(3,4)20-6-2/h7-9,15H,5-6,10H2,1-4H3,(H,17,18). The molecule has 0 fully saturated rings. The van der Waals surface area contributed by atoms with Gasteiger partial charge in [0.15, 0.2) is 11.5 Å². The van der Waals surface area contributed by atoms with Crippen LogP contribution in [0.3, 0.4) is 0 Å². The Bertz CT molecular complexity index is 564. The fourth-order valence-electron chi connectivity index (χ4n) is 2.05. The zero-order valence-corrected chi connectivity index (χ0v) is 12.6. The van der Waals surface area contributed by atoms with Gasteiger partial charge in [-0.15, -0.1) is 0 Å². The van der Waals surface area contributed by atoms with Crippen molar-refractivity contribution in [2.45, 2.75) is 33.3 Å². The van der Waals surface area contributed by atoms with Gasteiger partial charge in [0.1, 0.15) is 5.82 Å². The molecular weight excluding hydrogens is 254 g/mol. The first-order chi connectivity index (χ1) is 9.55. The summed E-state index contributed by atoms with van der Waals surface area (Å²) in [5.41, 5.74) is 0.577. The van der Waals surface area contributed by atoms with E-state index < -0.39 is 0 Å². The molecule has 20 heavy (non-hydrogen) atoms. The number of aromatic nitrogens is 3. The second kappa shape index (κ2) is 6.09. The third-order valence-corrected chi connectivity index (χ3v) is 2.95. The van der Waals surface area contributed by atoms with E-state index in [-0.39, 0.29) is 5.60 Å². The molecule has 0 spiro atoms. The third kappa shape index (κ3) is 3.39. The monoisotopic (exact) mass is 277 g/mol. The Kier molecular flexibility index (Phi) is 4.44. The lowest BCUT2D eigenvalue weighted by Gasteiger charge is -2.25. The van der Waals surface area contributed by atoms with E-state index >= 15 is 0 Å². The Morgan fingerprint density at radius 1 is 1.30 bits per heavy atom. The van der Waals surface area contributed by atoms with Crippen molar-refractivity contribution in [1.29, 1.82) is 0 Å². The molecular formula is C14H23N5O. The van der Waals surface area contributed by atoms with E-state index in [4.69, 9.17) is 4.74 Å². The maximum atomic E-state index is 5.69. The molecule has 0 aromatic carbocycles. The molecule has 0 bridgehead atoms. The zero-order chi connectivity index (χ0) is 14.6. The summed E-state index contributed by atoms with van der Waals surface area (Å²) in [7, 11) is 0. The Morgan fingerprint density at radius 2 is 2.10 bits per heavy atom. The Balaban J connectivity index is 2.21. The number of anilines is 2. The van der Waals surface area contributed by atoms with Crippen molar-refractivity contribution >= 4 is 17.3 Å². The first-order valence-corrected chi connectivity index (χ1v) is 7.01. The van der Waals surface area contributed by atoms with Crippen LogP contribution in [0.25, 0.3) is 5.65 Å². The topological polar surface area (TPSA) is 63.5 Å². The highest BCUT2D eigenvalue weighted by Gasteiger charge is 2.18.